The highest BCUT2D eigenvalue weighted by Gasteiger charge is 2.30. The summed E-state index contributed by atoms with van der Waals surface area (Å²) in [6.45, 7) is 6.47. The molecule has 3 heterocycles. The van der Waals surface area contributed by atoms with E-state index in [0.29, 0.717) is 11.6 Å². The fraction of sp³-hybridized carbons (Fsp3) is 0.172. The topological polar surface area (TPSA) is 34.8 Å². The highest BCUT2D eigenvalue weighted by molar-refractivity contribution is 6.09. The van der Waals surface area contributed by atoms with Gasteiger partial charge in [0.1, 0.15) is 11.3 Å². The minimum Gasteiger partial charge on any atom is -0.437 e. The Morgan fingerprint density at radius 3 is 2.36 bits per heavy atom. The van der Waals surface area contributed by atoms with Gasteiger partial charge in [0.2, 0.25) is 5.71 Å². The molecule has 0 saturated carbocycles. The van der Waals surface area contributed by atoms with Crippen LogP contribution in [-0.2, 0) is 7.05 Å². The van der Waals surface area contributed by atoms with E-state index < -0.39 is 0 Å². The van der Waals surface area contributed by atoms with Crippen molar-refractivity contribution in [2.75, 3.05) is 0 Å². The summed E-state index contributed by atoms with van der Waals surface area (Å²) >= 11 is 0. The number of hydrogen-bond donors (Lipinski definition) is 0. The molecule has 33 heavy (non-hydrogen) atoms. The number of nitrogens with zero attached hydrogens (tertiary/aromatic N) is 3. The predicted octanol–water partition coefficient (Wildman–Crippen LogP) is 6.85. The van der Waals surface area contributed by atoms with Crippen LogP contribution in [0.25, 0.3) is 50.2 Å². The number of fused-ring (bicyclic) bond motifs is 4. The third kappa shape index (κ3) is 2.91. The van der Waals surface area contributed by atoms with Gasteiger partial charge in [-0.2, -0.15) is 4.57 Å². The third-order valence-electron chi connectivity index (χ3n) is 6.58. The first-order valence-corrected chi connectivity index (χ1v) is 11.4. The number of benzene rings is 3. The molecule has 3 aromatic heterocycles. The molecule has 4 heteroatoms. The largest absolute Gasteiger partial charge is 0.437 e. The van der Waals surface area contributed by atoms with Crippen molar-refractivity contribution in [3.8, 4) is 17.1 Å². The van der Waals surface area contributed by atoms with Crippen LogP contribution in [0, 0.1) is 6.92 Å². The summed E-state index contributed by atoms with van der Waals surface area (Å²) in [6, 6.07) is 27.7. The van der Waals surface area contributed by atoms with Crippen molar-refractivity contribution >= 4 is 33.1 Å². The van der Waals surface area contributed by atoms with Crippen molar-refractivity contribution in [1.29, 1.82) is 0 Å². The first-order chi connectivity index (χ1) is 16.0. The van der Waals surface area contributed by atoms with Crippen molar-refractivity contribution in [3.63, 3.8) is 0 Å². The summed E-state index contributed by atoms with van der Waals surface area (Å²) in [5.74, 6) is 1.44. The zero-order chi connectivity index (χ0) is 22.7. The zero-order valence-corrected chi connectivity index (χ0v) is 19.3. The molecule has 0 aliphatic carbocycles. The molecule has 0 N–H and O–H groups in total. The number of aryl methyl sites for hydroxylation is 2. The quantitative estimate of drug-likeness (QED) is 0.287. The van der Waals surface area contributed by atoms with Gasteiger partial charge in [-0.1, -0.05) is 56.3 Å². The van der Waals surface area contributed by atoms with E-state index in [4.69, 9.17) is 9.40 Å². The minimum atomic E-state index is 0.349. The van der Waals surface area contributed by atoms with E-state index in [9.17, 15) is 0 Å². The Kier molecular flexibility index (Phi) is 4.37. The molecule has 4 nitrogen and oxygen atoms in total. The number of imidazole rings is 1. The van der Waals surface area contributed by atoms with Crippen LogP contribution in [-0.4, -0.2) is 9.55 Å². The van der Waals surface area contributed by atoms with Gasteiger partial charge >= 0.3 is 0 Å². The molecule has 0 amide bonds. The Bertz CT molecular complexity index is 1660. The van der Waals surface area contributed by atoms with Gasteiger partial charge in [-0.05, 0) is 54.8 Å². The van der Waals surface area contributed by atoms with Gasteiger partial charge in [-0.15, -0.1) is 0 Å². The lowest BCUT2D eigenvalue weighted by Gasteiger charge is -2.07. The Balaban J connectivity index is 1.76. The number of furan rings is 1. The number of rotatable bonds is 3. The van der Waals surface area contributed by atoms with Gasteiger partial charge in [0, 0.05) is 16.5 Å². The number of pyridine rings is 1. The highest BCUT2D eigenvalue weighted by atomic mass is 16.3. The van der Waals surface area contributed by atoms with Crippen LogP contribution in [0.4, 0.5) is 0 Å². The highest BCUT2D eigenvalue weighted by Crippen LogP contribution is 2.38. The van der Waals surface area contributed by atoms with Crippen LogP contribution >= 0.6 is 0 Å². The maximum Gasteiger partial charge on any atom is 0.298 e. The second-order valence-corrected chi connectivity index (χ2v) is 9.02. The maximum absolute atomic E-state index is 6.51. The van der Waals surface area contributed by atoms with Crippen LogP contribution < -0.4 is 4.57 Å². The average Bonchev–Trinajstić information content (AvgIpc) is 3.34. The molecule has 0 aliphatic rings. The van der Waals surface area contributed by atoms with Crippen LogP contribution in [0.15, 0.2) is 83.3 Å². The first-order valence-electron chi connectivity index (χ1n) is 11.4. The summed E-state index contributed by atoms with van der Waals surface area (Å²) in [5.41, 5.74) is 8.35. The normalized spacial score (nSPS) is 11.9. The summed E-state index contributed by atoms with van der Waals surface area (Å²) in [4.78, 5) is 4.84. The summed E-state index contributed by atoms with van der Waals surface area (Å²) in [6.07, 6.45) is 0. The van der Waals surface area contributed by atoms with E-state index in [0.717, 1.165) is 44.6 Å². The van der Waals surface area contributed by atoms with E-state index in [1.807, 2.05) is 0 Å². The molecular formula is C29H26N3O+. The Morgan fingerprint density at radius 1 is 0.848 bits per heavy atom. The van der Waals surface area contributed by atoms with Crippen molar-refractivity contribution < 1.29 is 8.98 Å². The fourth-order valence-electron chi connectivity index (χ4n) is 4.87. The molecule has 0 saturated heterocycles. The van der Waals surface area contributed by atoms with E-state index >= 15 is 0 Å². The molecule has 6 aromatic rings. The Labute approximate surface area is 192 Å². The number of para-hydroxylation sites is 3. The smallest absolute Gasteiger partial charge is 0.298 e. The van der Waals surface area contributed by atoms with Crippen LogP contribution in [0.1, 0.15) is 31.0 Å². The fourth-order valence-corrected chi connectivity index (χ4v) is 4.87. The molecule has 0 unspecified atom stereocenters. The van der Waals surface area contributed by atoms with Crippen LogP contribution in [0.3, 0.4) is 0 Å². The second kappa shape index (κ2) is 7.31. The molecule has 0 aliphatic heterocycles. The minimum absolute atomic E-state index is 0.349. The van der Waals surface area contributed by atoms with Gasteiger partial charge < -0.3 is 4.42 Å². The molecule has 162 valence electrons. The molecule has 0 spiro atoms. The average molecular weight is 433 g/mol. The van der Waals surface area contributed by atoms with E-state index in [2.05, 4.69) is 116 Å². The lowest BCUT2D eigenvalue weighted by molar-refractivity contribution is -0.633. The van der Waals surface area contributed by atoms with Crippen LogP contribution in [0.5, 0.6) is 0 Å². The molecule has 0 fully saturated rings. The number of aromatic nitrogens is 3. The maximum atomic E-state index is 6.51. The molecule has 0 atom stereocenters. The lowest BCUT2D eigenvalue weighted by Crippen LogP contribution is -2.30. The Morgan fingerprint density at radius 2 is 1.58 bits per heavy atom. The van der Waals surface area contributed by atoms with Gasteiger partial charge in [-0.25, -0.2) is 9.55 Å². The van der Waals surface area contributed by atoms with Gasteiger partial charge in [-0.3, -0.25) is 0 Å². The van der Waals surface area contributed by atoms with E-state index in [1.165, 1.54) is 11.1 Å². The summed E-state index contributed by atoms with van der Waals surface area (Å²) in [5, 5.41) is 2.15. The second-order valence-electron chi connectivity index (χ2n) is 9.02. The summed E-state index contributed by atoms with van der Waals surface area (Å²) < 4.78 is 11.1. The predicted molar refractivity (Wildman–Crippen MR) is 134 cm³/mol. The lowest BCUT2D eigenvalue weighted by atomic mass is 10.0. The monoisotopic (exact) mass is 432 g/mol. The molecule has 0 bridgehead atoms. The SMILES string of the molecule is Cc1ccc2c(oc3nc(C(C)C)ccc32)c1-c1n(-c2ccccc2)c2ccccc2[n+]1C. The van der Waals surface area contributed by atoms with Crippen LogP contribution in [0.2, 0.25) is 0 Å². The molecule has 0 radical (unpaired) electrons. The van der Waals surface area contributed by atoms with Gasteiger partial charge in [0.05, 0.1) is 7.05 Å². The van der Waals surface area contributed by atoms with Crippen molar-refractivity contribution in [3.05, 3.63) is 90.1 Å². The van der Waals surface area contributed by atoms with Gasteiger partial charge in [0.25, 0.3) is 5.82 Å². The standard InChI is InChI=1S/C29H26N3O/c1-18(2)23-17-16-22-21-15-14-19(3)26(27(21)33-28(22)30-23)29-31(4)24-12-8-9-13-25(24)32(29)20-10-6-5-7-11-20/h5-18H,1-4H3/q+1. The molecule has 3 aromatic carbocycles. The van der Waals surface area contributed by atoms with Gasteiger partial charge in [0.15, 0.2) is 16.6 Å². The summed E-state index contributed by atoms with van der Waals surface area (Å²) in [7, 11) is 2.13. The molecule has 6 rings (SSSR count). The van der Waals surface area contributed by atoms with Crippen molar-refractivity contribution in [2.24, 2.45) is 7.05 Å². The number of hydrogen-bond acceptors (Lipinski definition) is 2. The van der Waals surface area contributed by atoms with Crippen molar-refractivity contribution in [2.45, 2.75) is 26.7 Å². The Hall–Kier alpha value is -3.92. The molecular weight excluding hydrogens is 406 g/mol. The zero-order valence-electron chi connectivity index (χ0n) is 19.3. The first kappa shape index (κ1) is 19.7. The van der Waals surface area contributed by atoms with Crippen molar-refractivity contribution in [1.82, 2.24) is 9.55 Å². The van der Waals surface area contributed by atoms with E-state index in [1.54, 1.807) is 0 Å². The van der Waals surface area contributed by atoms with E-state index in [-0.39, 0.29) is 0 Å². The third-order valence-corrected chi connectivity index (χ3v) is 6.58.